The number of anilines is 3. The average Bonchev–Trinajstić information content (AvgIpc) is 3.58. The summed E-state index contributed by atoms with van der Waals surface area (Å²) in [6, 6.07) is 74.4. The van der Waals surface area contributed by atoms with Gasteiger partial charge in [-0.25, -0.2) is 0 Å². The Morgan fingerprint density at radius 3 is 1.74 bits per heavy atom. The molecule has 1 aliphatic carbocycles. The molecular weight excluding hydrogens is 695 g/mol. The van der Waals surface area contributed by atoms with Gasteiger partial charge in [-0.3, -0.25) is 0 Å². The third-order valence-electron chi connectivity index (χ3n) is 11.8. The third-order valence-corrected chi connectivity index (χ3v) is 11.8. The number of benzene rings is 9. The average molecular weight is 732 g/mol. The van der Waals surface area contributed by atoms with E-state index in [1.807, 2.05) is 12.1 Å². The summed E-state index contributed by atoms with van der Waals surface area (Å²) in [4.78, 5) is 2.35. The van der Waals surface area contributed by atoms with Crippen LogP contribution in [-0.2, 0) is 5.41 Å². The molecule has 1 heterocycles. The lowest BCUT2D eigenvalue weighted by Gasteiger charge is -2.35. The summed E-state index contributed by atoms with van der Waals surface area (Å²) in [5.41, 5.74) is 14.8. The highest BCUT2D eigenvalue weighted by atomic mass is 16.5. The first-order valence-corrected chi connectivity index (χ1v) is 19.4. The van der Waals surface area contributed by atoms with Gasteiger partial charge in [0.2, 0.25) is 0 Å². The summed E-state index contributed by atoms with van der Waals surface area (Å²) in [6.45, 7) is 0. The van der Waals surface area contributed by atoms with Crippen LogP contribution in [0.2, 0.25) is 0 Å². The summed E-state index contributed by atoms with van der Waals surface area (Å²) >= 11 is 0. The molecule has 0 spiro atoms. The molecule has 1 aliphatic heterocycles. The second-order valence-electron chi connectivity index (χ2n) is 14.8. The van der Waals surface area contributed by atoms with E-state index in [2.05, 4.69) is 199 Å². The van der Waals surface area contributed by atoms with Crippen LogP contribution in [0.5, 0.6) is 17.2 Å². The van der Waals surface area contributed by atoms with Gasteiger partial charge in [-0.2, -0.15) is 0 Å². The van der Waals surface area contributed by atoms with E-state index in [0.717, 1.165) is 56.4 Å². The maximum absolute atomic E-state index is 6.41. The summed E-state index contributed by atoms with van der Waals surface area (Å²) < 4.78 is 12.0. The van der Waals surface area contributed by atoms with Crippen LogP contribution in [0.25, 0.3) is 44.2 Å². The Morgan fingerprint density at radius 1 is 0.421 bits per heavy atom. The topological polar surface area (TPSA) is 21.7 Å². The first-order chi connectivity index (χ1) is 28.2. The molecule has 0 N–H and O–H groups in total. The van der Waals surface area contributed by atoms with Crippen LogP contribution in [-0.4, -0.2) is 7.11 Å². The highest BCUT2D eigenvalue weighted by Crippen LogP contribution is 2.57. The molecule has 11 rings (SSSR count). The van der Waals surface area contributed by atoms with Gasteiger partial charge in [-0.15, -0.1) is 0 Å². The molecule has 0 fully saturated rings. The monoisotopic (exact) mass is 731 g/mol. The third kappa shape index (κ3) is 5.13. The molecule has 0 bridgehead atoms. The minimum Gasteiger partial charge on any atom is -0.497 e. The molecule has 9 aromatic rings. The normalized spacial score (nSPS) is 12.9. The van der Waals surface area contributed by atoms with Crippen molar-refractivity contribution in [3.8, 4) is 50.6 Å². The lowest BCUT2D eigenvalue weighted by atomic mass is 9.67. The highest BCUT2D eigenvalue weighted by molar-refractivity contribution is 6.04. The zero-order valence-corrected chi connectivity index (χ0v) is 31.4. The number of hydrogen-bond donors (Lipinski definition) is 0. The highest BCUT2D eigenvalue weighted by Gasteiger charge is 2.46. The SMILES string of the molecule is COc1ccc(N(c2ccc(-c3ccc4c(c3)-c3cccc5cccc(c35)O4)cc2)c2ccc3c(c2)C(c2ccccc2)(c2ccccc2)c2ccccc2-3)cc1. The Kier molecular flexibility index (Phi) is 7.61. The molecule has 0 aromatic heterocycles. The lowest BCUT2D eigenvalue weighted by Crippen LogP contribution is -2.28. The molecule has 57 heavy (non-hydrogen) atoms. The van der Waals surface area contributed by atoms with Crippen LogP contribution >= 0.6 is 0 Å². The van der Waals surface area contributed by atoms with Gasteiger partial charge in [0.05, 0.1) is 12.5 Å². The van der Waals surface area contributed by atoms with Crippen molar-refractivity contribution >= 4 is 27.8 Å². The van der Waals surface area contributed by atoms with E-state index in [1.54, 1.807) is 7.11 Å². The molecule has 3 heteroatoms. The van der Waals surface area contributed by atoms with Crippen molar-refractivity contribution in [2.75, 3.05) is 12.0 Å². The molecule has 0 saturated heterocycles. The first kappa shape index (κ1) is 33.0. The van der Waals surface area contributed by atoms with Gasteiger partial charge in [-0.05, 0) is 122 Å². The predicted octanol–water partition coefficient (Wildman–Crippen LogP) is 14.1. The number of nitrogens with zero attached hydrogens (tertiary/aromatic N) is 1. The van der Waals surface area contributed by atoms with Crippen LogP contribution in [0.3, 0.4) is 0 Å². The van der Waals surface area contributed by atoms with E-state index in [9.17, 15) is 0 Å². The second-order valence-corrected chi connectivity index (χ2v) is 14.8. The van der Waals surface area contributed by atoms with Crippen LogP contribution in [0, 0.1) is 0 Å². The van der Waals surface area contributed by atoms with Crippen molar-refractivity contribution in [1.29, 1.82) is 0 Å². The van der Waals surface area contributed by atoms with Crippen molar-refractivity contribution in [1.82, 2.24) is 0 Å². The predicted molar refractivity (Wildman–Crippen MR) is 233 cm³/mol. The van der Waals surface area contributed by atoms with Crippen molar-refractivity contribution in [3.05, 3.63) is 229 Å². The van der Waals surface area contributed by atoms with Crippen LogP contribution in [0.1, 0.15) is 22.3 Å². The Labute approximate surface area is 332 Å². The zero-order chi connectivity index (χ0) is 37.9. The fourth-order valence-corrected chi connectivity index (χ4v) is 9.30. The van der Waals surface area contributed by atoms with Gasteiger partial charge in [0, 0.05) is 28.0 Å². The summed E-state index contributed by atoms with van der Waals surface area (Å²) in [6.07, 6.45) is 0. The van der Waals surface area contributed by atoms with E-state index in [1.165, 1.54) is 44.3 Å². The maximum atomic E-state index is 6.41. The number of fused-ring (bicyclic) bond motifs is 5. The van der Waals surface area contributed by atoms with Crippen LogP contribution in [0.15, 0.2) is 206 Å². The van der Waals surface area contributed by atoms with Crippen LogP contribution in [0.4, 0.5) is 17.1 Å². The van der Waals surface area contributed by atoms with Crippen molar-refractivity contribution < 1.29 is 9.47 Å². The smallest absolute Gasteiger partial charge is 0.135 e. The van der Waals surface area contributed by atoms with E-state index in [4.69, 9.17) is 9.47 Å². The zero-order valence-electron chi connectivity index (χ0n) is 31.4. The molecule has 3 nitrogen and oxygen atoms in total. The van der Waals surface area contributed by atoms with Gasteiger partial charge in [0.15, 0.2) is 0 Å². The fraction of sp³-hybridized carbons (Fsp3) is 0.0370. The first-order valence-electron chi connectivity index (χ1n) is 19.4. The van der Waals surface area contributed by atoms with Crippen LogP contribution < -0.4 is 14.4 Å². The van der Waals surface area contributed by atoms with Crippen molar-refractivity contribution in [2.45, 2.75) is 5.41 Å². The minimum absolute atomic E-state index is 0.499. The Hall–Kier alpha value is -7.36. The molecule has 0 atom stereocenters. The molecule has 0 saturated carbocycles. The van der Waals surface area contributed by atoms with E-state index >= 15 is 0 Å². The molecule has 0 radical (unpaired) electrons. The lowest BCUT2D eigenvalue weighted by molar-refractivity contribution is 0.415. The van der Waals surface area contributed by atoms with E-state index < -0.39 is 5.41 Å². The van der Waals surface area contributed by atoms with Gasteiger partial charge in [-0.1, -0.05) is 140 Å². The van der Waals surface area contributed by atoms with Gasteiger partial charge in [0.1, 0.15) is 17.2 Å². The number of methoxy groups -OCH3 is 1. The molecule has 270 valence electrons. The number of ether oxygens (including phenoxy) is 2. The second kappa shape index (κ2) is 13.1. The fourth-order valence-electron chi connectivity index (χ4n) is 9.30. The standard InChI is InChI=1S/C54H37NO2/c1-56-44-30-27-42(28-31-44)55(41-25-22-36(23-26-41)38-24-33-51-48(34-38)47-19-10-12-37-13-11-21-52(57-51)53(37)47)43-29-32-46-45-18-8-9-20-49(45)54(50(46)35-43,39-14-4-2-5-15-39)40-16-6-3-7-17-40/h2-35H,1H3. The quantitative estimate of drug-likeness (QED) is 0.163. The van der Waals surface area contributed by atoms with Gasteiger partial charge < -0.3 is 14.4 Å². The summed E-state index contributed by atoms with van der Waals surface area (Å²) in [5.74, 6) is 2.61. The molecular formula is C54H37NO2. The minimum atomic E-state index is -0.499. The molecule has 2 aliphatic rings. The van der Waals surface area contributed by atoms with Gasteiger partial charge >= 0.3 is 0 Å². The Morgan fingerprint density at radius 2 is 1.02 bits per heavy atom. The number of rotatable bonds is 7. The Bertz CT molecular complexity index is 2910. The van der Waals surface area contributed by atoms with Crippen molar-refractivity contribution in [3.63, 3.8) is 0 Å². The van der Waals surface area contributed by atoms with E-state index in [0.29, 0.717) is 0 Å². The van der Waals surface area contributed by atoms with E-state index in [-0.39, 0.29) is 0 Å². The number of hydrogen-bond acceptors (Lipinski definition) is 3. The molecule has 0 amide bonds. The Balaban J connectivity index is 1.06. The largest absolute Gasteiger partial charge is 0.497 e. The summed E-state index contributed by atoms with van der Waals surface area (Å²) in [5, 5.41) is 2.35. The molecule has 9 aromatic carbocycles. The maximum Gasteiger partial charge on any atom is 0.135 e. The van der Waals surface area contributed by atoms with Gasteiger partial charge in [0.25, 0.3) is 0 Å². The summed E-state index contributed by atoms with van der Waals surface area (Å²) in [7, 11) is 1.71. The molecule has 0 unspecified atom stereocenters. The van der Waals surface area contributed by atoms with Crippen molar-refractivity contribution in [2.24, 2.45) is 0 Å².